The summed E-state index contributed by atoms with van der Waals surface area (Å²) in [6, 6.07) is 10.8. The van der Waals surface area contributed by atoms with Crippen molar-refractivity contribution in [1.82, 2.24) is 4.98 Å². The SMILES string of the molecule is Cc1ccc2[nH]cc(C(=O)c3cc(Cl)cc(Cl)c3)c2c1. The number of hydrogen-bond acceptors (Lipinski definition) is 1. The second kappa shape index (κ2) is 4.97. The van der Waals surface area contributed by atoms with E-state index in [2.05, 4.69) is 4.98 Å². The molecule has 2 aromatic carbocycles. The zero-order valence-electron chi connectivity index (χ0n) is 10.7. The van der Waals surface area contributed by atoms with Gasteiger partial charge in [0, 0.05) is 38.3 Å². The van der Waals surface area contributed by atoms with Crippen molar-refractivity contribution in [2.24, 2.45) is 0 Å². The Labute approximate surface area is 126 Å². The molecule has 20 heavy (non-hydrogen) atoms. The van der Waals surface area contributed by atoms with Crippen LogP contribution in [0.3, 0.4) is 0 Å². The minimum atomic E-state index is -0.0914. The molecule has 1 aromatic heterocycles. The van der Waals surface area contributed by atoms with Crippen LogP contribution >= 0.6 is 23.2 Å². The molecule has 0 aliphatic heterocycles. The van der Waals surface area contributed by atoms with E-state index in [1.807, 2.05) is 25.1 Å². The van der Waals surface area contributed by atoms with Gasteiger partial charge in [-0.1, -0.05) is 34.8 Å². The van der Waals surface area contributed by atoms with Gasteiger partial charge >= 0.3 is 0 Å². The number of nitrogens with one attached hydrogen (secondary N) is 1. The summed E-state index contributed by atoms with van der Waals surface area (Å²) in [7, 11) is 0. The lowest BCUT2D eigenvalue weighted by Crippen LogP contribution is -2.00. The van der Waals surface area contributed by atoms with E-state index in [1.54, 1.807) is 24.4 Å². The second-order valence-electron chi connectivity index (χ2n) is 4.74. The number of H-pyrrole nitrogens is 1. The van der Waals surface area contributed by atoms with E-state index in [1.165, 1.54) is 0 Å². The molecule has 0 saturated heterocycles. The van der Waals surface area contributed by atoms with Crippen molar-refractivity contribution in [3.63, 3.8) is 0 Å². The monoisotopic (exact) mass is 303 g/mol. The number of hydrogen-bond donors (Lipinski definition) is 1. The van der Waals surface area contributed by atoms with Gasteiger partial charge in [0.1, 0.15) is 0 Å². The van der Waals surface area contributed by atoms with E-state index >= 15 is 0 Å². The average Bonchev–Trinajstić information content (AvgIpc) is 2.79. The van der Waals surface area contributed by atoms with Crippen LogP contribution in [-0.4, -0.2) is 10.8 Å². The third kappa shape index (κ3) is 2.33. The minimum absolute atomic E-state index is 0.0914. The van der Waals surface area contributed by atoms with Crippen molar-refractivity contribution in [2.75, 3.05) is 0 Å². The molecule has 0 atom stereocenters. The van der Waals surface area contributed by atoms with Gasteiger partial charge in [-0.2, -0.15) is 0 Å². The Bertz CT molecular complexity index is 800. The van der Waals surface area contributed by atoms with Gasteiger partial charge in [0.2, 0.25) is 0 Å². The van der Waals surface area contributed by atoms with Crippen LogP contribution in [-0.2, 0) is 0 Å². The van der Waals surface area contributed by atoms with Gasteiger partial charge < -0.3 is 4.98 Å². The molecule has 100 valence electrons. The average molecular weight is 304 g/mol. The van der Waals surface area contributed by atoms with E-state index in [9.17, 15) is 4.79 Å². The number of aromatic nitrogens is 1. The molecular formula is C16H11Cl2NO. The van der Waals surface area contributed by atoms with Gasteiger partial charge in [-0.15, -0.1) is 0 Å². The van der Waals surface area contributed by atoms with Gasteiger partial charge in [-0.05, 0) is 37.3 Å². The number of carbonyl (C=O) groups excluding carboxylic acids is 1. The number of halogens is 2. The molecule has 0 amide bonds. The van der Waals surface area contributed by atoms with E-state index in [0.717, 1.165) is 16.5 Å². The number of rotatable bonds is 2. The molecule has 0 radical (unpaired) electrons. The third-order valence-electron chi connectivity index (χ3n) is 3.21. The molecule has 3 aromatic rings. The highest BCUT2D eigenvalue weighted by Crippen LogP contribution is 2.25. The first-order valence-electron chi connectivity index (χ1n) is 6.13. The van der Waals surface area contributed by atoms with Crippen LogP contribution in [0, 0.1) is 6.92 Å². The van der Waals surface area contributed by atoms with E-state index in [0.29, 0.717) is 21.2 Å². The topological polar surface area (TPSA) is 32.9 Å². The molecule has 0 spiro atoms. The highest BCUT2D eigenvalue weighted by atomic mass is 35.5. The van der Waals surface area contributed by atoms with Crippen LogP contribution in [0.4, 0.5) is 0 Å². The van der Waals surface area contributed by atoms with Crippen molar-refractivity contribution in [3.8, 4) is 0 Å². The zero-order valence-corrected chi connectivity index (χ0v) is 12.2. The van der Waals surface area contributed by atoms with E-state index < -0.39 is 0 Å². The van der Waals surface area contributed by atoms with Crippen molar-refractivity contribution >= 4 is 39.9 Å². The number of benzene rings is 2. The Hall–Kier alpha value is -1.77. The Kier molecular flexibility index (Phi) is 3.28. The summed E-state index contributed by atoms with van der Waals surface area (Å²) in [5.74, 6) is -0.0914. The predicted molar refractivity (Wildman–Crippen MR) is 82.9 cm³/mol. The third-order valence-corrected chi connectivity index (χ3v) is 3.64. The van der Waals surface area contributed by atoms with E-state index in [-0.39, 0.29) is 5.78 Å². The normalized spacial score (nSPS) is 10.9. The van der Waals surface area contributed by atoms with Crippen LogP contribution in [0.2, 0.25) is 10.0 Å². The maximum absolute atomic E-state index is 12.6. The van der Waals surface area contributed by atoms with Gasteiger partial charge in [-0.3, -0.25) is 4.79 Å². The van der Waals surface area contributed by atoms with E-state index in [4.69, 9.17) is 23.2 Å². The van der Waals surface area contributed by atoms with Crippen molar-refractivity contribution in [1.29, 1.82) is 0 Å². The fraction of sp³-hybridized carbons (Fsp3) is 0.0625. The summed E-state index contributed by atoms with van der Waals surface area (Å²) in [4.78, 5) is 15.7. The van der Waals surface area contributed by atoms with Crippen LogP contribution < -0.4 is 0 Å². The molecule has 0 saturated carbocycles. The van der Waals surface area contributed by atoms with Gasteiger partial charge in [0.05, 0.1) is 0 Å². The highest BCUT2D eigenvalue weighted by Gasteiger charge is 2.15. The van der Waals surface area contributed by atoms with Crippen molar-refractivity contribution in [3.05, 3.63) is 69.3 Å². The lowest BCUT2D eigenvalue weighted by Gasteiger charge is -2.02. The molecule has 4 heteroatoms. The van der Waals surface area contributed by atoms with Crippen LogP contribution in [0.25, 0.3) is 10.9 Å². The Balaban J connectivity index is 2.15. The standard InChI is InChI=1S/C16H11Cl2NO/c1-9-2-3-15-13(4-9)14(8-19-15)16(20)10-5-11(17)7-12(18)6-10/h2-8,19H,1H3. The molecule has 2 nitrogen and oxygen atoms in total. The first-order valence-corrected chi connectivity index (χ1v) is 6.89. The fourth-order valence-corrected chi connectivity index (χ4v) is 2.79. The first kappa shape index (κ1) is 13.2. The largest absolute Gasteiger partial charge is 0.360 e. The minimum Gasteiger partial charge on any atom is -0.360 e. The molecule has 3 rings (SSSR count). The van der Waals surface area contributed by atoms with Gasteiger partial charge in [0.25, 0.3) is 0 Å². The zero-order chi connectivity index (χ0) is 14.3. The smallest absolute Gasteiger partial charge is 0.195 e. The van der Waals surface area contributed by atoms with Crippen LogP contribution in [0.5, 0.6) is 0 Å². The van der Waals surface area contributed by atoms with Crippen LogP contribution in [0.15, 0.2) is 42.6 Å². The molecule has 0 fully saturated rings. The van der Waals surface area contributed by atoms with Crippen molar-refractivity contribution < 1.29 is 4.79 Å². The molecule has 0 unspecified atom stereocenters. The molecule has 0 bridgehead atoms. The Morgan fingerprint density at radius 3 is 2.45 bits per heavy atom. The molecule has 0 aliphatic carbocycles. The molecule has 1 heterocycles. The lowest BCUT2D eigenvalue weighted by atomic mass is 10.0. The maximum atomic E-state index is 12.6. The number of fused-ring (bicyclic) bond motifs is 1. The quantitative estimate of drug-likeness (QED) is 0.663. The molecule has 0 aliphatic rings. The summed E-state index contributed by atoms with van der Waals surface area (Å²) in [6.45, 7) is 2.00. The Morgan fingerprint density at radius 2 is 1.75 bits per heavy atom. The lowest BCUT2D eigenvalue weighted by molar-refractivity contribution is 0.104. The van der Waals surface area contributed by atoms with Gasteiger partial charge in [0.15, 0.2) is 5.78 Å². The number of carbonyl (C=O) groups is 1. The van der Waals surface area contributed by atoms with Crippen molar-refractivity contribution in [2.45, 2.75) is 6.92 Å². The summed E-state index contributed by atoms with van der Waals surface area (Å²) in [6.07, 6.45) is 1.72. The maximum Gasteiger partial charge on any atom is 0.195 e. The van der Waals surface area contributed by atoms with Gasteiger partial charge in [-0.25, -0.2) is 0 Å². The summed E-state index contributed by atoms with van der Waals surface area (Å²) in [5, 5.41) is 1.82. The predicted octanol–water partition coefficient (Wildman–Crippen LogP) is 5.01. The summed E-state index contributed by atoms with van der Waals surface area (Å²) in [5.41, 5.74) is 3.16. The summed E-state index contributed by atoms with van der Waals surface area (Å²) >= 11 is 11.9. The molecule has 1 N–H and O–H groups in total. The first-order chi connectivity index (χ1) is 9.54. The Morgan fingerprint density at radius 1 is 1.05 bits per heavy atom. The molecular weight excluding hydrogens is 293 g/mol. The number of aromatic amines is 1. The fourth-order valence-electron chi connectivity index (χ4n) is 2.26. The number of aryl methyl sites for hydroxylation is 1. The summed E-state index contributed by atoms with van der Waals surface area (Å²) < 4.78 is 0. The van der Waals surface area contributed by atoms with Crippen LogP contribution in [0.1, 0.15) is 21.5 Å². The number of ketones is 1. The highest BCUT2D eigenvalue weighted by molar-refractivity contribution is 6.35. The second-order valence-corrected chi connectivity index (χ2v) is 5.61.